The normalized spacial score (nSPS) is 19.6. The first-order valence-corrected chi connectivity index (χ1v) is 8.13. The molecule has 1 fully saturated rings. The number of nitrogens with one attached hydrogen (secondary N) is 1. The lowest BCUT2D eigenvalue weighted by Gasteiger charge is -2.34. The summed E-state index contributed by atoms with van der Waals surface area (Å²) in [7, 11) is 0. The van der Waals surface area contributed by atoms with Gasteiger partial charge in [-0.1, -0.05) is 12.1 Å². The molecule has 0 bridgehead atoms. The molecule has 2 N–H and O–H groups in total. The summed E-state index contributed by atoms with van der Waals surface area (Å²) < 4.78 is 0. The number of carbonyl (C=O) groups excluding carboxylic acids is 1. The van der Waals surface area contributed by atoms with Crippen LogP contribution in [0.15, 0.2) is 30.6 Å². The second-order valence-corrected chi connectivity index (χ2v) is 6.30. The zero-order valence-corrected chi connectivity index (χ0v) is 13.6. The van der Waals surface area contributed by atoms with Gasteiger partial charge in [-0.2, -0.15) is 0 Å². The number of hydrogen-bond donors (Lipinski definition) is 2. The largest absolute Gasteiger partial charge is 0.384 e. The number of piperidine rings is 1. The molecule has 1 amide bonds. The maximum absolute atomic E-state index is 12.0. The molecule has 2 aromatic rings. The van der Waals surface area contributed by atoms with Crippen molar-refractivity contribution in [2.24, 2.45) is 0 Å². The van der Waals surface area contributed by atoms with Crippen molar-refractivity contribution in [2.45, 2.75) is 38.8 Å². The Kier molecular flexibility index (Phi) is 4.48. The zero-order valence-electron chi connectivity index (χ0n) is 13.6. The van der Waals surface area contributed by atoms with E-state index in [-0.39, 0.29) is 11.9 Å². The molecule has 1 aromatic heterocycles. The van der Waals surface area contributed by atoms with Crippen molar-refractivity contribution in [1.82, 2.24) is 9.88 Å². The molecule has 2 heterocycles. The van der Waals surface area contributed by atoms with Gasteiger partial charge in [-0.3, -0.25) is 9.78 Å². The van der Waals surface area contributed by atoms with Crippen molar-refractivity contribution in [3.05, 3.63) is 36.2 Å². The van der Waals surface area contributed by atoms with Crippen molar-refractivity contribution < 1.29 is 9.90 Å². The Labute approximate surface area is 136 Å². The van der Waals surface area contributed by atoms with E-state index in [4.69, 9.17) is 0 Å². The fourth-order valence-electron chi connectivity index (χ4n) is 3.31. The van der Waals surface area contributed by atoms with E-state index in [1.54, 1.807) is 4.90 Å². The third kappa shape index (κ3) is 3.29. The van der Waals surface area contributed by atoms with Crippen molar-refractivity contribution in [2.75, 3.05) is 18.4 Å². The standard InChI is InChI=1S/C18H23N3O2/c1-12-9-19-10-14-5-3-7-16(17(12)14)20-15-6-4-8-21(11-15)18(23)13(2)22/h3,5,7,9-10,13,15,20,22H,4,6,8,11H2,1-2H3/t13-,15?/m0/s1. The number of rotatable bonds is 3. The van der Waals surface area contributed by atoms with Crippen LogP contribution in [0.5, 0.6) is 0 Å². The van der Waals surface area contributed by atoms with Crippen LogP contribution in [-0.4, -0.2) is 46.1 Å². The smallest absolute Gasteiger partial charge is 0.251 e. The zero-order chi connectivity index (χ0) is 16.4. The fraction of sp³-hybridized carbons (Fsp3) is 0.444. The number of carbonyl (C=O) groups is 1. The summed E-state index contributed by atoms with van der Waals surface area (Å²) in [6.45, 7) is 4.94. The summed E-state index contributed by atoms with van der Waals surface area (Å²) >= 11 is 0. The second kappa shape index (κ2) is 6.54. The number of aliphatic hydroxyl groups excluding tert-OH is 1. The van der Waals surface area contributed by atoms with Gasteiger partial charge in [0.05, 0.1) is 0 Å². The van der Waals surface area contributed by atoms with Gasteiger partial charge in [0.2, 0.25) is 0 Å². The second-order valence-electron chi connectivity index (χ2n) is 6.30. The molecular formula is C18H23N3O2. The van der Waals surface area contributed by atoms with Crippen molar-refractivity contribution in [1.29, 1.82) is 0 Å². The number of aromatic nitrogens is 1. The SMILES string of the molecule is Cc1cncc2cccc(NC3CCCN(C(=O)[C@H](C)O)C3)c12. The number of amides is 1. The number of nitrogens with zero attached hydrogens (tertiary/aromatic N) is 2. The Morgan fingerprint density at radius 1 is 1.43 bits per heavy atom. The van der Waals surface area contributed by atoms with Gasteiger partial charge in [0.25, 0.3) is 5.91 Å². The Bertz CT molecular complexity index is 709. The van der Waals surface area contributed by atoms with E-state index in [9.17, 15) is 9.90 Å². The maximum Gasteiger partial charge on any atom is 0.251 e. The molecule has 0 aliphatic carbocycles. The first-order chi connectivity index (χ1) is 11.1. The van der Waals surface area contributed by atoms with Crippen LogP contribution in [-0.2, 0) is 4.79 Å². The summed E-state index contributed by atoms with van der Waals surface area (Å²) in [6.07, 6.45) is 4.78. The highest BCUT2D eigenvalue weighted by Crippen LogP contribution is 2.27. The van der Waals surface area contributed by atoms with Crippen LogP contribution in [0.1, 0.15) is 25.3 Å². The summed E-state index contributed by atoms with van der Waals surface area (Å²) in [4.78, 5) is 18.0. The molecule has 23 heavy (non-hydrogen) atoms. The molecule has 0 radical (unpaired) electrons. The van der Waals surface area contributed by atoms with E-state index in [0.29, 0.717) is 6.54 Å². The highest BCUT2D eigenvalue weighted by molar-refractivity contribution is 5.95. The van der Waals surface area contributed by atoms with Crippen LogP contribution in [0, 0.1) is 6.92 Å². The van der Waals surface area contributed by atoms with Gasteiger partial charge < -0.3 is 15.3 Å². The summed E-state index contributed by atoms with van der Waals surface area (Å²) in [6, 6.07) is 6.35. The third-order valence-electron chi connectivity index (χ3n) is 4.42. The fourth-order valence-corrected chi connectivity index (χ4v) is 3.31. The minimum absolute atomic E-state index is 0.185. The van der Waals surface area contributed by atoms with Crippen LogP contribution in [0.25, 0.3) is 10.8 Å². The van der Waals surface area contributed by atoms with E-state index in [1.165, 1.54) is 12.3 Å². The predicted molar refractivity (Wildman–Crippen MR) is 91.4 cm³/mol. The number of hydrogen-bond acceptors (Lipinski definition) is 4. The van der Waals surface area contributed by atoms with Crippen LogP contribution >= 0.6 is 0 Å². The van der Waals surface area contributed by atoms with E-state index in [0.717, 1.165) is 36.0 Å². The minimum atomic E-state index is -0.931. The molecule has 1 saturated heterocycles. The molecule has 1 aromatic carbocycles. The van der Waals surface area contributed by atoms with Gasteiger partial charge in [-0.15, -0.1) is 0 Å². The number of aliphatic hydroxyl groups is 1. The molecule has 1 aliphatic heterocycles. The number of aryl methyl sites for hydroxylation is 1. The number of likely N-dealkylation sites (tertiary alicyclic amines) is 1. The molecule has 3 rings (SSSR count). The lowest BCUT2D eigenvalue weighted by Crippen LogP contribution is -2.48. The molecule has 0 saturated carbocycles. The summed E-state index contributed by atoms with van der Waals surface area (Å²) in [5, 5.41) is 15.4. The van der Waals surface area contributed by atoms with Crippen LogP contribution in [0.3, 0.4) is 0 Å². The average molecular weight is 313 g/mol. The highest BCUT2D eigenvalue weighted by Gasteiger charge is 2.26. The van der Waals surface area contributed by atoms with Gasteiger partial charge in [-0.25, -0.2) is 0 Å². The third-order valence-corrected chi connectivity index (χ3v) is 4.42. The maximum atomic E-state index is 12.0. The van der Waals surface area contributed by atoms with E-state index in [1.807, 2.05) is 18.5 Å². The molecule has 0 spiro atoms. The Morgan fingerprint density at radius 2 is 2.26 bits per heavy atom. The molecule has 2 atom stereocenters. The number of benzene rings is 1. The molecule has 1 aliphatic rings. The average Bonchev–Trinajstić information content (AvgIpc) is 2.54. The summed E-state index contributed by atoms with van der Waals surface area (Å²) in [5.74, 6) is -0.185. The lowest BCUT2D eigenvalue weighted by molar-refractivity contribution is -0.140. The van der Waals surface area contributed by atoms with Gasteiger partial charge in [0.15, 0.2) is 0 Å². The summed E-state index contributed by atoms with van der Waals surface area (Å²) in [5.41, 5.74) is 2.22. The van der Waals surface area contributed by atoms with Crippen molar-refractivity contribution in [3.8, 4) is 0 Å². The minimum Gasteiger partial charge on any atom is -0.384 e. The highest BCUT2D eigenvalue weighted by atomic mass is 16.3. The number of pyridine rings is 1. The first-order valence-electron chi connectivity index (χ1n) is 8.13. The van der Waals surface area contributed by atoms with E-state index in [2.05, 4.69) is 29.4 Å². The molecule has 5 nitrogen and oxygen atoms in total. The number of anilines is 1. The molecular weight excluding hydrogens is 290 g/mol. The van der Waals surface area contributed by atoms with Crippen LogP contribution in [0.2, 0.25) is 0 Å². The van der Waals surface area contributed by atoms with Crippen LogP contribution in [0.4, 0.5) is 5.69 Å². The van der Waals surface area contributed by atoms with Crippen molar-refractivity contribution in [3.63, 3.8) is 0 Å². The quantitative estimate of drug-likeness (QED) is 0.913. The Balaban J connectivity index is 1.81. The first kappa shape index (κ1) is 15.7. The molecule has 1 unspecified atom stereocenters. The molecule has 122 valence electrons. The van der Waals surface area contributed by atoms with Crippen molar-refractivity contribution >= 4 is 22.4 Å². The topological polar surface area (TPSA) is 65.5 Å². The number of fused-ring (bicyclic) bond motifs is 1. The van der Waals surface area contributed by atoms with Gasteiger partial charge in [0, 0.05) is 48.0 Å². The monoisotopic (exact) mass is 313 g/mol. The Hall–Kier alpha value is -2.14. The van der Waals surface area contributed by atoms with Gasteiger partial charge in [0.1, 0.15) is 6.10 Å². The van der Waals surface area contributed by atoms with E-state index < -0.39 is 6.10 Å². The molecule has 5 heteroatoms. The van der Waals surface area contributed by atoms with Gasteiger partial charge in [-0.05, 0) is 38.3 Å². The lowest BCUT2D eigenvalue weighted by atomic mass is 10.0. The predicted octanol–water partition coefficient (Wildman–Crippen LogP) is 2.33. The van der Waals surface area contributed by atoms with E-state index >= 15 is 0 Å². The van der Waals surface area contributed by atoms with Gasteiger partial charge >= 0.3 is 0 Å². The van der Waals surface area contributed by atoms with Crippen LogP contribution < -0.4 is 5.32 Å². The Morgan fingerprint density at radius 3 is 3.04 bits per heavy atom.